The first-order valence-electron chi connectivity index (χ1n) is 12.4. The van der Waals surface area contributed by atoms with Gasteiger partial charge in [-0.2, -0.15) is 0 Å². The second-order valence-electron chi connectivity index (χ2n) is 11.1. The van der Waals surface area contributed by atoms with Crippen LogP contribution in [0.3, 0.4) is 0 Å². The number of hydrogen-bond donors (Lipinski definition) is 2. The first-order chi connectivity index (χ1) is 16.0. The van der Waals surface area contributed by atoms with E-state index in [-0.39, 0.29) is 54.6 Å². The minimum atomic E-state index is -1.54. The SMILES string of the molecule is COC(=O)CCC(=O)O[C@]1(C(=O)CO)CC[C@H]2[C@@H]3CCC4=CC(=O)CC[C@]4(C)[C@H]3[C@@H](O)C[C@@]21C. The lowest BCUT2D eigenvalue weighted by molar-refractivity contribution is -0.202. The molecule has 4 rings (SSSR count). The van der Waals surface area contributed by atoms with E-state index in [2.05, 4.69) is 11.7 Å². The Morgan fingerprint density at radius 2 is 1.79 bits per heavy atom. The van der Waals surface area contributed by atoms with E-state index in [0.29, 0.717) is 19.3 Å². The Bertz CT molecular complexity index is 924. The van der Waals surface area contributed by atoms with E-state index >= 15 is 0 Å². The number of allylic oxidation sites excluding steroid dienone is 1. The molecule has 3 fully saturated rings. The van der Waals surface area contributed by atoms with Gasteiger partial charge in [0.25, 0.3) is 0 Å². The standard InChI is InChI=1S/C26H36O8/c1-24-10-8-16(28)12-15(24)4-5-17-18-9-11-26(20(30)14-27,25(18,2)13-19(29)23(17)24)34-22(32)7-6-21(31)33-3/h12,17-19,23,27,29H,4-11,13-14H2,1-3H3/t17-,18-,19-,23+,24-,25-,26-/m0/s1. The Morgan fingerprint density at radius 3 is 2.47 bits per heavy atom. The fraction of sp³-hybridized carbons (Fsp3) is 0.769. The van der Waals surface area contributed by atoms with Crippen LogP contribution in [0.15, 0.2) is 11.6 Å². The quantitative estimate of drug-likeness (QED) is 0.559. The van der Waals surface area contributed by atoms with Gasteiger partial charge in [-0.1, -0.05) is 19.4 Å². The second-order valence-corrected chi connectivity index (χ2v) is 11.1. The minimum Gasteiger partial charge on any atom is -0.469 e. The number of methoxy groups -OCH3 is 1. The molecule has 34 heavy (non-hydrogen) atoms. The maximum atomic E-state index is 13.2. The highest BCUT2D eigenvalue weighted by molar-refractivity contribution is 5.93. The Labute approximate surface area is 200 Å². The number of Topliss-reactive ketones (excluding diaryl/α,β-unsaturated/α-hetero) is 1. The number of carbonyl (C=O) groups is 4. The summed E-state index contributed by atoms with van der Waals surface area (Å²) in [7, 11) is 1.24. The zero-order valence-electron chi connectivity index (χ0n) is 20.3. The number of ether oxygens (including phenoxy) is 2. The Hall–Kier alpha value is -2.06. The molecule has 0 aliphatic heterocycles. The van der Waals surface area contributed by atoms with Crippen LogP contribution < -0.4 is 0 Å². The first-order valence-corrected chi connectivity index (χ1v) is 12.4. The van der Waals surface area contributed by atoms with Crippen molar-refractivity contribution in [3.05, 3.63) is 11.6 Å². The molecule has 0 saturated heterocycles. The molecule has 2 N–H and O–H groups in total. The summed E-state index contributed by atoms with van der Waals surface area (Å²) in [5, 5.41) is 21.4. The zero-order valence-corrected chi connectivity index (χ0v) is 20.3. The van der Waals surface area contributed by atoms with Crippen LogP contribution >= 0.6 is 0 Å². The van der Waals surface area contributed by atoms with E-state index in [4.69, 9.17) is 4.74 Å². The van der Waals surface area contributed by atoms with Gasteiger partial charge in [0.05, 0.1) is 26.1 Å². The van der Waals surface area contributed by atoms with Crippen LogP contribution in [0.2, 0.25) is 0 Å². The van der Waals surface area contributed by atoms with E-state index < -0.39 is 41.4 Å². The van der Waals surface area contributed by atoms with Gasteiger partial charge in [-0.05, 0) is 67.8 Å². The molecular formula is C26H36O8. The molecule has 7 atom stereocenters. The molecule has 0 heterocycles. The third-order valence-corrected chi connectivity index (χ3v) is 9.66. The van der Waals surface area contributed by atoms with Crippen molar-refractivity contribution in [1.82, 2.24) is 0 Å². The molecule has 8 heteroatoms. The zero-order chi connectivity index (χ0) is 24.9. The van der Waals surface area contributed by atoms with Crippen molar-refractivity contribution >= 4 is 23.5 Å². The third-order valence-electron chi connectivity index (χ3n) is 9.66. The molecule has 0 spiro atoms. The summed E-state index contributed by atoms with van der Waals surface area (Å²) in [5.74, 6) is -1.52. The lowest BCUT2D eigenvalue weighted by Crippen LogP contribution is -2.63. The van der Waals surface area contributed by atoms with Crippen LogP contribution in [0.4, 0.5) is 0 Å². The largest absolute Gasteiger partial charge is 0.469 e. The van der Waals surface area contributed by atoms with Crippen LogP contribution in [0.1, 0.15) is 71.6 Å². The number of rotatable bonds is 6. The summed E-state index contributed by atoms with van der Waals surface area (Å²) < 4.78 is 10.5. The van der Waals surface area contributed by atoms with Gasteiger partial charge in [-0.15, -0.1) is 0 Å². The van der Waals surface area contributed by atoms with Gasteiger partial charge in [0.15, 0.2) is 11.4 Å². The normalized spacial score (nSPS) is 41.0. The smallest absolute Gasteiger partial charge is 0.307 e. The van der Waals surface area contributed by atoms with Crippen molar-refractivity contribution in [2.75, 3.05) is 13.7 Å². The van der Waals surface area contributed by atoms with E-state index in [1.165, 1.54) is 7.11 Å². The average molecular weight is 477 g/mol. The molecule has 3 saturated carbocycles. The van der Waals surface area contributed by atoms with Crippen LogP contribution in [0, 0.1) is 28.6 Å². The highest BCUT2D eigenvalue weighted by Gasteiger charge is 2.70. The number of hydrogen-bond acceptors (Lipinski definition) is 8. The summed E-state index contributed by atoms with van der Waals surface area (Å²) in [5.41, 5.74) is -1.51. The average Bonchev–Trinajstić information content (AvgIpc) is 3.09. The number of ketones is 2. The van der Waals surface area contributed by atoms with Crippen LogP contribution in [-0.2, 0) is 28.7 Å². The maximum Gasteiger partial charge on any atom is 0.307 e. The summed E-state index contributed by atoms with van der Waals surface area (Å²) in [4.78, 5) is 49.5. The number of fused-ring (bicyclic) bond motifs is 5. The summed E-state index contributed by atoms with van der Waals surface area (Å²) in [6.07, 6.45) is 4.64. The van der Waals surface area contributed by atoms with Crippen molar-refractivity contribution in [3.8, 4) is 0 Å². The highest BCUT2D eigenvalue weighted by Crippen LogP contribution is 2.68. The van der Waals surface area contributed by atoms with Gasteiger partial charge in [0.2, 0.25) is 5.78 Å². The predicted octanol–water partition coefficient (Wildman–Crippen LogP) is 2.29. The molecule has 0 aromatic carbocycles. The summed E-state index contributed by atoms with van der Waals surface area (Å²) >= 11 is 0. The fourth-order valence-electron chi connectivity index (χ4n) is 8.04. The van der Waals surface area contributed by atoms with E-state index in [1.54, 1.807) is 6.08 Å². The molecule has 4 aliphatic carbocycles. The topological polar surface area (TPSA) is 127 Å². The molecule has 0 aromatic rings. The lowest BCUT2D eigenvalue weighted by atomic mass is 9.45. The van der Waals surface area contributed by atoms with Gasteiger partial charge in [0.1, 0.15) is 6.61 Å². The summed E-state index contributed by atoms with van der Waals surface area (Å²) in [6.45, 7) is 3.30. The van der Waals surface area contributed by atoms with Gasteiger partial charge in [-0.3, -0.25) is 19.2 Å². The maximum absolute atomic E-state index is 13.2. The fourth-order valence-corrected chi connectivity index (χ4v) is 8.04. The number of aliphatic hydroxyl groups excluding tert-OH is 2. The van der Waals surface area contributed by atoms with Crippen LogP contribution in [0.5, 0.6) is 0 Å². The molecule has 0 radical (unpaired) electrons. The molecule has 0 aromatic heterocycles. The van der Waals surface area contributed by atoms with Crippen molar-refractivity contribution in [2.24, 2.45) is 28.6 Å². The first kappa shape index (κ1) is 25.0. The minimum absolute atomic E-state index is 0.0285. The van der Waals surface area contributed by atoms with Crippen LogP contribution in [0.25, 0.3) is 0 Å². The number of esters is 2. The molecule has 0 unspecified atom stereocenters. The van der Waals surface area contributed by atoms with E-state index in [0.717, 1.165) is 18.4 Å². The van der Waals surface area contributed by atoms with Gasteiger partial charge >= 0.3 is 11.9 Å². The van der Waals surface area contributed by atoms with E-state index in [9.17, 15) is 29.4 Å². The second kappa shape index (κ2) is 8.86. The molecule has 0 bridgehead atoms. The Balaban J connectivity index is 1.66. The third kappa shape index (κ3) is 3.65. The van der Waals surface area contributed by atoms with Crippen molar-refractivity contribution in [2.45, 2.75) is 83.3 Å². The highest BCUT2D eigenvalue weighted by atomic mass is 16.6. The molecule has 4 aliphatic rings. The number of carbonyl (C=O) groups excluding carboxylic acids is 4. The van der Waals surface area contributed by atoms with Gasteiger partial charge in [0, 0.05) is 11.8 Å². The lowest BCUT2D eigenvalue weighted by Gasteiger charge is -2.60. The van der Waals surface area contributed by atoms with Crippen molar-refractivity contribution in [3.63, 3.8) is 0 Å². The van der Waals surface area contributed by atoms with Crippen molar-refractivity contribution in [1.29, 1.82) is 0 Å². The van der Waals surface area contributed by atoms with Gasteiger partial charge < -0.3 is 19.7 Å². The number of aliphatic hydroxyl groups is 2. The van der Waals surface area contributed by atoms with Crippen LogP contribution in [-0.4, -0.2) is 59.1 Å². The Kier molecular flexibility index (Phi) is 6.53. The monoisotopic (exact) mass is 476 g/mol. The van der Waals surface area contributed by atoms with Crippen molar-refractivity contribution < 1.29 is 38.9 Å². The molecular weight excluding hydrogens is 440 g/mol. The Morgan fingerprint density at radius 1 is 1.09 bits per heavy atom. The molecule has 8 nitrogen and oxygen atoms in total. The van der Waals surface area contributed by atoms with E-state index in [1.807, 2.05) is 6.92 Å². The predicted molar refractivity (Wildman–Crippen MR) is 120 cm³/mol. The molecule has 0 amide bonds. The van der Waals surface area contributed by atoms with Gasteiger partial charge in [-0.25, -0.2) is 0 Å². The summed E-state index contributed by atoms with van der Waals surface area (Å²) in [6, 6.07) is 0. The molecule has 188 valence electrons.